The van der Waals surface area contributed by atoms with Crippen LogP contribution in [0, 0.1) is 12.3 Å². The molecule has 0 radical (unpaired) electrons. The molecule has 5 heteroatoms. The molecule has 0 spiro atoms. The Morgan fingerprint density at radius 3 is 2.84 bits per heavy atom. The van der Waals surface area contributed by atoms with Crippen LogP contribution in [0.25, 0.3) is 5.57 Å². The lowest BCUT2D eigenvalue weighted by Gasteiger charge is -2.23. The van der Waals surface area contributed by atoms with E-state index in [4.69, 9.17) is 12.3 Å². The molecule has 25 heavy (non-hydrogen) atoms. The SMILES string of the molecule is C#Cc1cnc(C2=CC=C(CC)C2)nc1NC(/C=C/CCC)N(C)N. The number of unbranched alkanes of at least 4 members (excludes halogenated alkanes) is 1. The van der Waals surface area contributed by atoms with Crippen molar-refractivity contribution in [3.63, 3.8) is 0 Å². The number of nitrogens with one attached hydrogen (secondary N) is 1. The van der Waals surface area contributed by atoms with Gasteiger partial charge in [0.25, 0.3) is 0 Å². The fourth-order valence-corrected chi connectivity index (χ4v) is 2.55. The number of nitrogens with two attached hydrogens (primary N) is 1. The molecule has 0 amide bonds. The molecule has 0 saturated heterocycles. The van der Waals surface area contributed by atoms with Crippen LogP contribution in [0.4, 0.5) is 5.82 Å². The van der Waals surface area contributed by atoms with E-state index in [0.717, 1.165) is 31.3 Å². The molecule has 0 bridgehead atoms. The third kappa shape index (κ3) is 5.02. The van der Waals surface area contributed by atoms with Crippen LogP contribution >= 0.6 is 0 Å². The van der Waals surface area contributed by atoms with Crippen molar-refractivity contribution in [2.45, 2.75) is 45.7 Å². The lowest BCUT2D eigenvalue weighted by atomic mass is 10.1. The summed E-state index contributed by atoms with van der Waals surface area (Å²) in [6.45, 7) is 4.29. The summed E-state index contributed by atoms with van der Waals surface area (Å²) in [5, 5.41) is 4.92. The molecule has 1 aliphatic rings. The molecule has 5 nitrogen and oxygen atoms in total. The minimum Gasteiger partial charge on any atom is -0.349 e. The third-order valence-electron chi connectivity index (χ3n) is 4.12. The summed E-state index contributed by atoms with van der Waals surface area (Å²) in [5.74, 6) is 9.93. The summed E-state index contributed by atoms with van der Waals surface area (Å²) in [6, 6.07) is 0. The minimum absolute atomic E-state index is 0.191. The number of hydrogen-bond acceptors (Lipinski definition) is 5. The fourth-order valence-electron chi connectivity index (χ4n) is 2.55. The van der Waals surface area contributed by atoms with E-state index in [9.17, 15) is 0 Å². The Morgan fingerprint density at radius 2 is 2.24 bits per heavy atom. The maximum Gasteiger partial charge on any atom is 0.157 e. The van der Waals surface area contributed by atoms with Crippen molar-refractivity contribution in [3.8, 4) is 12.3 Å². The normalized spacial score (nSPS) is 15.2. The zero-order valence-electron chi connectivity index (χ0n) is 15.3. The molecule has 0 saturated carbocycles. The van der Waals surface area contributed by atoms with Gasteiger partial charge < -0.3 is 5.32 Å². The van der Waals surface area contributed by atoms with E-state index in [2.05, 4.69) is 53.3 Å². The van der Waals surface area contributed by atoms with Crippen molar-refractivity contribution in [2.75, 3.05) is 12.4 Å². The zero-order chi connectivity index (χ0) is 18.2. The molecule has 1 aromatic rings. The molecule has 1 heterocycles. The minimum atomic E-state index is -0.191. The van der Waals surface area contributed by atoms with E-state index in [1.54, 1.807) is 11.2 Å². The quantitative estimate of drug-likeness (QED) is 0.250. The van der Waals surface area contributed by atoms with Gasteiger partial charge in [0.1, 0.15) is 12.0 Å². The number of nitrogens with zero attached hydrogens (tertiary/aromatic N) is 3. The number of aromatic nitrogens is 2. The highest BCUT2D eigenvalue weighted by Gasteiger charge is 2.16. The Hall–Kier alpha value is -2.42. The largest absolute Gasteiger partial charge is 0.349 e. The van der Waals surface area contributed by atoms with E-state index in [-0.39, 0.29) is 6.17 Å². The second-order valence-corrected chi connectivity index (χ2v) is 6.12. The number of terminal acetylenes is 1. The third-order valence-corrected chi connectivity index (χ3v) is 4.12. The smallest absolute Gasteiger partial charge is 0.157 e. The van der Waals surface area contributed by atoms with Gasteiger partial charge in [-0.15, -0.1) is 6.42 Å². The van der Waals surface area contributed by atoms with Gasteiger partial charge in [0, 0.05) is 18.8 Å². The second kappa shape index (κ2) is 9.16. The number of hydrazine groups is 1. The van der Waals surface area contributed by atoms with Crippen molar-refractivity contribution in [3.05, 3.63) is 47.5 Å². The first-order valence-corrected chi connectivity index (χ1v) is 8.72. The molecule has 0 aliphatic heterocycles. The number of hydrogen-bond donors (Lipinski definition) is 2. The van der Waals surface area contributed by atoms with Gasteiger partial charge in [-0.2, -0.15) is 0 Å². The van der Waals surface area contributed by atoms with Crippen LogP contribution in [0.2, 0.25) is 0 Å². The summed E-state index contributed by atoms with van der Waals surface area (Å²) in [7, 11) is 1.81. The van der Waals surface area contributed by atoms with Crippen LogP contribution in [0.3, 0.4) is 0 Å². The van der Waals surface area contributed by atoms with Crippen molar-refractivity contribution in [2.24, 2.45) is 5.84 Å². The predicted octanol–water partition coefficient (Wildman–Crippen LogP) is 3.48. The Balaban J connectivity index is 2.24. The number of allylic oxidation sites excluding steroid dienone is 5. The summed E-state index contributed by atoms with van der Waals surface area (Å²) < 4.78 is 0. The van der Waals surface area contributed by atoms with Gasteiger partial charge in [0.2, 0.25) is 0 Å². The highest BCUT2D eigenvalue weighted by Crippen LogP contribution is 2.28. The Kier molecular flexibility index (Phi) is 6.93. The Labute approximate surface area is 150 Å². The van der Waals surface area contributed by atoms with Crippen LogP contribution in [0.15, 0.2) is 36.1 Å². The average Bonchev–Trinajstić information content (AvgIpc) is 3.10. The van der Waals surface area contributed by atoms with Gasteiger partial charge in [-0.05, 0) is 19.3 Å². The van der Waals surface area contributed by atoms with Crippen molar-refractivity contribution >= 4 is 11.4 Å². The summed E-state index contributed by atoms with van der Waals surface area (Å²) in [5.41, 5.74) is 3.13. The molecule has 0 fully saturated rings. The van der Waals surface area contributed by atoms with Crippen molar-refractivity contribution in [1.29, 1.82) is 0 Å². The Morgan fingerprint density at radius 1 is 1.44 bits per heavy atom. The van der Waals surface area contributed by atoms with Gasteiger partial charge in [-0.1, -0.05) is 56.1 Å². The molecule has 132 valence electrons. The fraction of sp³-hybridized carbons (Fsp3) is 0.400. The lowest BCUT2D eigenvalue weighted by Crippen LogP contribution is -2.41. The molecule has 2 rings (SSSR count). The van der Waals surface area contributed by atoms with Gasteiger partial charge in [0.05, 0.1) is 5.56 Å². The lowest BCUT2D eigenvalue weighted by molar-refractivity contribution is 0.315. The second-order valence-electron chi connectivity index (χ2n) is 6.12. The maximum absolute atomic E-state index is 5.96. The molecular weight excluding hydrogens is 310 g/mol. The molecule has 1 aromatic heterocycles. The van der Waals surface area contributed by atoms with E-state index in [1.165, 1.54) is 5.57 Å². The van der Waals surface area contributed by atoms with E-state index >= 15 is 0 Å². The number of rotatable bonds is 8. The molecule has 1 atom stereocenters. The van der Waals surface area contributed by atoms with Gasteiger partial charge >= 0.3 is 0 Å². The maximum atomic E-state index is 5.96. The van der Waals surface area contributed by atoms with Crippen LogP contribution in [0.5, 0.6) is 0 Å². The van der Waals surface area contributed by atoms with Crippen LogP contribution in [-0.4, -0.2) is 28.2 Å². The first kappa shape index (κ1) is 18.9. The molecule has 1 aliphatic carbocycles. The summed E-state index contributed by atoms with van der Waals surface area (Å²) in [6.07, 6.45) is 19.5. The molecule has 1 unspecified atom stereocenters. The topological polar surface area (TPSA) is 67.1 Å². The molecule has 3 N–H and O–H groups in total. The summed E-state index contributed by atoms with van der Waals surface area (Å²) >= 11 is 0. The van der Waals surface area contributed by atoms with Crippen molar-refractivity contribution < 1.29 is 0 Å². The van der Waals surface area contributed by atoms with Crippen LogP contribution in [-0.2, 0) is 0 Å². The first-order chi connectivity index (χ1) is 12.1. The predicted molar refractivity (Wildman–Crippen MR) is 104 cm³/mol. The number of anilines is 1. The monoisotopic (exact) mass is 337 g/mol. The highest BCUT2D eigenvalue weighted by molar-refractivity contribution is 5.69. The number of likely N-dealkylation sites (N-methyl/N-ethyl adjacent to an activating group) is 1. The molecular formula is C20H27N5. The molecule has 0 aromatic carbocycles. The van der Waals surface area contributed by atoms with Gasteiger partial charge in [-0.25, -0.2) is 15.0 Å². The average molecular weight is 337 g/mol. The van der Waals surface area contributed by atoms with Crippen LogP contribution < -0.4 is 11.2 Å². The van der Waals surface area contributed by atoms with Crippen LogP contribution in [0.1, 0.15) is 50.9 Å². The van der Waals surface area contributed by atoms with E-state index in [1.807, 2.05) is 13.1 Å². The van der Waals surface area contributed by atoms with Gasteiger partial charge in [0.15, 0.2) is 5.82 Å². The zero-order valence-corrected chi connectivity index (χ0v) is 15.3. The van der Waals surface area contributed by atoms with Crippen molar-refractivity contribution in [1.82, 2.24) is 15.0 Å². The van der Waals surface area contributed by atoms with E-state index in [0.29, 0.717) is 17.2 Å². The summed E-state index contributed by atoms with van der Waals surface area (Å²) in [4.78, 5) is 9.09. The van der Waals surface area contributed by atoms with E-state index < -0.39 is 0 Å². The highest BCUT2D eigenvalue weighted by atomic mass is 15.5. The first-order valence-electron chi connectivity index (χ1n) is 8.72. The Bertz CT molecular complexity index is 722. The van der Waals surface area contributed by atoms with Gasteiger partial charge in [-0.3, -0.25) is 5.84 Å². The standard InChI is InChI=1S/C20H27N5/c1-5-8-9-10-18(25(4)21)23-20-16(7-3)14-22-19(24-20)17-12-11-15(6-2)13-17/h3,9-12,14,18H,5-6,8,13,21H2,1-2,4H3,(H,22,23,24)/b10-9+.